The molecule has 5 heteroatoms. The number of carbonyl (C=O) groups is 1. The van der Waals surface area contributed by atoms with Crippen molar-refractivity contribution in [2.24, 2.45) is 0 Å². The van der Waals surface area contributed by atoms with Crippen LogP contribution in [0, 0.1) is 0 Å². The topological polar surface area (TPSA) is 77.8 Å². The molecule has 0 radical (unpaired) electrons. The molecule has 0 aliphatic heterocycles. The van der Waals surface area contributed by atoms with Crippen LogP contribution in [0.4, 0.5) is 4.79 Å². The highest BCUT2D eigenvalue weighted by Crippen LogP contribution is 2.12. The molecule has 0 rings (SSSR count). The predicted molar refractivity (Wildman–Crippen MR) is 37.6 cm³/mol. The molecular formula is C6H14NO4+. The maximum Gasteiger partial charge on any atom is 0.517 e. The highest BCUT2D eigenvalue weighted by molar-refractivity contribution is 5.56. The normalized spacial score (nSPS) is 21.9. The van der Waals surface area contributed by atoms with Crippen LogP contribution in [0.3, 0.4) is 0 Å². The monoisotopic (exact) mass is 164 g/mol. The molecule has 2 unspecified atom stereocenters. The van der Waals surface area contributed by atoms with E-state index in [1.54, 1.807) is 0 Å². The van der Waals surface area contributed by atoms with Gasteiger partial charge in [0.05, 0.1) is 7.05 Å². The van der Waals surface area contributed by atoms with Crippen LogP contribution in [0.25, 0.3) is 0 Å². The third kappa shape index (κ3) is 1.68. The number of hydrogen-bond donors (Lipinski definition) is 3. The molecule has 0 aliphatic carbocycles. The first-order chi connectivity index (χ1) is 4.83. The van der Waals surface area contributed by atoms with Crippen molar-refractivity contribution in [3.05, 3.63) is 0 Å². The van der Waals surface area contributed by atoms with E-state index in [-0.39, 0.29) is 0 Å². The predicted octanol–water partition coefficient (Wildman–Crippen LogP) is -0.212. The molecule has 0 heterocycles. The molecule has 0 aromatic carbocycles. The molecule has 0 saturated carbocycles. The summed E-state index contributed by atoms with van der Waals surface area (Å²) in [7, 11) is 1.25. The highest BCUT2D eigenvalue weighted by Gasteiger charge is 2.41. The van der Waals surface area contributed by atoms with Crippen molar-refractivity contribution in [3.63, 3.8) is 0 Å². The summed E-state index contributed by atoms with van der Waals surface area (Å²) in [4.78, 5) is 10.6. The minimum atomic E-state index is -1.25. The van der Waals surface area contributed by atoms with Gasteiger partial charge in [-0.1, -0.05) is 0 Å². The summed E-state index contributed by atoms with van der Waals surface area (Å²) >= 11 is 0. The minimum absolute atomic E-state index is 0.806. The van der Waals surface area contributed by atoms with Crippen molar-refractivity contribution < 1.29 is 24.6 Å². The molecule has 0 spiro atoms. The Bertz CT molecular complexity index is 147. The fourth-order valence-electron chi connectivity index (χ4n) is 0.632. The van der Waals surface area contributed by atoms with Gasteiger partial charge in [-0.2, -0.15) is 9.28 Å². The zero-order valence-corrected chi connectivity index (χ0v) is 6.85. The van der Waals surface area contributed by atoms with Crippen LogP contribution < -0.4 is 0 Å². The van der Waals surface area contributed by atoms with Crippen molar-refractivity contribution in [3.8, 4) is 0 Å². The van der Waals surface area contributed by atoms with E-state index in [2.05, 4.69) is 0 Å². The zero-order valence-electron chi connectivity index (χ0n) is 6.85. The number of nitrogens with zero attached hydrogens (tertiary/aromatic N) is 1. The van der Waals surface area contributed by atoms with Gasteiger partial charge < -0.3 is 15.3 Å². The molecule has 0 fully saturated rings. The van der Waals surface area contributed by atoms with Crippen molar-refractivity contribution in [2.75, 3.05) is 7.05 Å². The fraction of sp³-hybridized carbons (Fsp3) is 0.833. The highest BCUT2D eigenvalue weighted by atomic mass is 16.4. The molecule has 0 aromatic heterocycles. The van der Waals surface area contributed by atoms with Crippen molar-refractivity contribution in [1.29, 1.82) is 0 Å². The molecule has 66 valence electrons. The number of aliphatic hydroxyl groups excluding tert-OH is 2. The maximum atomic E-state index is 10.6. The van der Waals surface area contributed by atoms with Crippen LogP contribution in [0.5, 0.6) is 0 Å². The molecule has 5 nitrogen and oxygen atoms in total. The maximum absolute atomic E-state index is 10.6. The van der Waals surface area contributed by atoms with Gasteiger partial charge in [0, 0.05) is 13.8 Å². The van der Waals surface area contributed by atoms with Crippen LogP contribution in [0.15, 0.2) is 0 Å². The lowest BCUT2D eigenvalue weighted by molar-refractivity contribution is -0.926. The van der Waals surface area contributed by atoms with Crippen molar-refractivity contribution >= 4 is 6.09 Å². The lowest BCUT2D eigenvalue weighted by Gasteiger charge is -2.33. The summed E-state index contributed by atoms with van der Waals surface area (Å²) in [5.74, 6) is 0. The van der Waals surface area contributed by atoms with Gasteiger partial charge in [0.1, 0.15) is 0 Å². The molecule has 1 amide bonds. The zero-order chi connectivity index (χ0) is 9.23. The first-order valence-electron chi connectivity index (χ1n) is 3.29. The van der Waals surface area contributed by atoms with E-state index in [9.17, 15) is 4.79 Å². The molecule has 2 atom stereocenters. The Balaban J connectivity index is 4.67. The summed E-state index contributed by atoms with van der Waals surface area (Å²) < 4.78 is -0.806. The van der Waals surface area contributed by atoms with Gasteiger partial charge in [-0.3, -0.25) is 0 Å². The number of amides is 1. The lowest BCUT2D eigenvalue weighted by atomic mass is 10.4. The average Bonchev–Trinajstić information content (AvgIpc) is 1.84. The van der Waals surface area contributed by atoms with E-state index in [0.717, 1.165) is 0 Å². The van der Waals surface area contributed by atoms with E-state index < -0.39 is 23.0 Å². The Kier molecular flexibility index (Phi) is 2.98. The Morgan fingerprint density at radius 2 is 1.55 bits per heavy atom. The summed E-state index contributed by atoms with van der Waals surface area (Å²) in [6.45, 7) is 2.64. The van der Waals surface area contributed by atoms with Crippen LogP contribution >= 0.6 is 0 Å². The molecule has 3 N–H and O–H groups in total. The minimum Gasteiger partial charge on any atom is -0.435 e. The van der Waals surface area contributed by atoms with Gasteiger partial charge in [0.15, 0.2) is 12.5 Å². The average molecular weight is 164 g/mol. The largest absolute Gasteiger partial charge is 0.517 e. The number of quaternary nitrogens is 1. The van der Waals surface area contributed by atoms with E-state index in [1.165, 1.54) is 20.9 Å². The fourth-order valence-corrected chi connectivity index (χ4v) is 0.632. The molecular weight excluding hydrogens is 150 g/mol. The standard InChI is InChI=1S/C6H13NO4/c1-4(8)7(3,5(2)9)6(10)11/h4-5,8-9H,1-3H3/p+1. The Labute approximate surface area is 65.1 Å². The van der Waals surface area contributed by atoms with Gasteiger partial charge in [-0.15, -0.1) is 0 Å². The number of aliphatic hydroxyl groups is 2. The Hall–Kier alpha value is -0.650. The van der Waals surface area contributed by atoms with Gasteiger partial charge >= 0.3 is 6.09 Å². The van der Waals surface area contributed by atoms with Gasteiger partial charge in [-0.05, 0) is 0 Å². The van der Waals surface area contributed by atoms with Gasteiger partial charge in [-0.25, -0.2) is 0 Å². The second kappa shape index (κ2) is 3.17. The van der Waals surface area contributed by atoms with E-state index in [1.807, 2.05) is 0 Å². The molecule has 0 bridgehead atoms. The first-order valence-corrected chi connectivity index (χ1v) is 3.29. The SMILES string of the molecule is CC(O)[N+](C)(C(=O)O)C(C)O. The smallest absolute Gasteiger partial charge is 0.435 e. The van der Waals surface area contributed by atoms with Crippen LogP contribution in [0.2, 0.25) is 0 Å². The summed E-state index contributed by atoms with van der Waals surface area (Å²) in [5.41, 5.74) is 0. The van der Waals surface area contributed by atoms with E-state index in [4.69, 9.17) is 15.3 Å². The van der Waals surface area contributed by atoms with Crippen molar-refractivity contribution in [1.82, 2.24) is 0 Å². The van der Waals surface area contributed by atoms with Gasteiger partial charge in [0.2, 0.25) is 0 Å². The summed E-state index contributed by atoms with van der Waals surface area (Å²) in [6.07, 6.45) is -3.52. The van der Waals surface area contributed by atoms with Crippen LogP contribution in [-0.4, -0.2) is 45.4 Å². The third-order valence-electron chi connectivity index (χ3n) is 1.96. The summed E-state index contributed by atoms with van der Waals surface area (Å²) in [6, 6.07) is 0. The number of rotatable bonds is 2. The molecule has 0 aliphatic rings. The molecule has 0 aromatic rings. The van der Waals surface area contributed by atoms with Gasteiger partial charge in [0.25, 0.3) is 0 Å². The second-order valence-corrected chi connectivity index (χ2v) is 2.69. The van der Waals surface area contributed by atoms with Crippen LogP contribution in [-0.2, 0) is 0 Å². The first kappa shape index (κ1) is 10.3. The van der Waals surface area contributed by atoms with Crippen molar-refractivity contribution in [2.45, 2.75) is 26.3 Å². The Morgan fingerprint density at radius 1 is 1.27 bits per heavy atom. The number of carboxylic acid groups (broad SMARTS) is 1. The van der Waals surface area contributed by atoms with E-state index in [0.29, 0.717) is 0 Å². The number of hydrogen-bond acceptors (Lipinski definition) is 3. The molecule has 11 heavy (non-hydrogen) atoms. The van der Waals surface area contributed by atoms with E-state index >= 15 is 0 Å². The molecule has 0 saturated heterocycles. The lowest BCUT2D eigenvalue weighted by Crippen LogP contribution is -2.59. The quantitative estimate of drug-likeness (QED) is 0.389. The second-order valence-electron chi connectivity index (χ2n) is 2.69. The Morgan fingerprint density at radius 3 is 1.55 bits per heavy atom. The summed E-state index contributed by atoms with van der Waals surface area (Å²) in [5, 5.41) is 26.7. The third-order valence-corrected chi connectivity index (χ3v) is 1.96. The van der Waals surface area contributed by atoms with Crippen LogP contribution in [0.1, 0.15) is 13.8 Å².